The van der Waals surface area contributed by atoms with Crippen LogP contribution in [0.2, 0.25) is 0 Å². The fourth-order valence-corrected chi connectivity index (χ4v) is 2.79. The molecule has 7 nitrogen and oxygen atoms in total. The summed E-state index contributed by atoms with van der Waals surface area (Å²) in [6, 6.07) is 5.83. The Hall–Kier alpha value is -2.22. The SMILES string of the molecule is C[C@H](OC(=O)c1ccccc1[S@@](C)=O)C(=O)N1CCNC1=O. The van der Waals surface area contributed by atoms with Crippen molar-refractivity contribution in [2.24, 2.45) is 0 Å². The first kappa shape index (κ1) is 16.2. The van der Waals surface area contributed by atoms with E-state index in [4.69, 9.17) is 4.74 Å². The van der Waals surface area contributed by atoms with E-state index in [0.29, 0.717) is 11.4 Å². The summed E-state index contributed by atoms with van der Waals surface area (Å²) in [6.45, 7) is 2.02. The van der Waals surface area contributed by atoms with E-state index in [9.17, 15) is 18.6 Å². The highest BCUT2D eigenvalue weighted by molar-refractivity contribution is 7.84. The highest BCUT2D eigenvalue weighted by atomic mass is 32.2. The normalized spacial score (nSPS) is 16.8. The lowest BCUT2D eigenvalue weighted by Crippen LogP contribution is -2.41. The van der Waals surface area contributed by atoms with Crippen LogP contribution in [0.3, 0.4) is 0 Å². The number of carbonyl (C=O) groups excluding carboxylic acids is 3. The van der Waals surface area contributed by atoms with Gasteiger partial charge in [0.1, 0.15) is 0 Å². The van der Waals surface area contributed by atoms with Crippen LogP contribution in [0.25, 0.3) is 0 Å². The molecule has 0 spiro atoms. The number of carbonyl (C=O) groups is 3. The number of benzene rings is 1. The maximum Gasteiger partial charge on any atom is 0.340 e. The van der Waals surface area contributed by atoms with Gasteiger partial charge in [-0.2, -0.15) is 0 Å². The van der Waals surface area contributed by atoms with Gasteiger partial charge >= 0.3 is 12.0 Å². The van der Waals surface area contributed by atoms with Crippen molar-refractivity contribution in [3.05, 3.63) is 29.8 Å². The van der Waals surface area contributed by atoms with Crippen LogP contribution in [0, 0.1) is 0 Å². The predicted molar refractivity (Wildman–Crippen MR) is 78.8 cm³/mol. The summed E-state index contributed by atoms with van der Waals surface area (Å²) in [4.78, 5) is 37.0. The summed E-state index contributed by atoms with van der Waals surface area (Å²) in [5.74, 6) is -1.33. The quantitative estimate of drug-likeness (QED) is 0.815. The average molecular weight is 324 g/mol. The number of imide groups is 1. The molecule has 2 atom stereocenters. The number of rotatable bonds is 4. The van der Waals surface area contributed by atoms with E-state index < -0.39 is 34.8 Å². The van der Waals surface area contributed by atoms with E-state index in [1.807, 2.05) is 0 Å². The van der Waals surface area contributed by atoms with Gasteiger partial charge in [0.2, 0.25) is 0 Å². The third-order valence-corrected chi connectivity index (χ3v) is 4.15. The van der Waals surface area contributed by atoms with Crippen LogP contribution < -0.4 is 5.32 Å². The van der Waals surface area contributed by atoms with E-state index >= 15 is 0 Å². The van der Waals surface area contributed by atoms with Gasteiger partial charge in [-0.25, -0.2) is 9.59 Å². The van der Waals surface area contributed by atoms with Crippen LogP contribution in [0.5, 0.6) is 0 Å². The fourth-order valence-electron chi connectivity index (χ4n) is 2.06. The van der Waals surface area contributed by atoms with Crippen LogP contribution in [0.4, 0.5) is 4.79 Å². The van der Waals surface area contributed by atoms with Crippen molar-refractivity contribution in [1.29, 1.82) is 0 Å². The van der Waals surface area contributed by atoms with Crippen molar-refractivity contribution >= 4 is 28.7 Å². The van der Waals surface area contributed by atoms with E-state index in [2.05, 4.69) is 5.32 Å². The second kappa shape index (κ2) is 6.69. The molecule has 0 radical (unpaired) electrons. The van der Waals surface area contributed by atoms with Crippen LogP contribution in [-0.2, 0) is 20.3 Å². The molecule has 1 aromatic rings. The highest BCUT2D eigenvalue weighted by Crippen LogP contribution is 2.15. The van der Waals surface area contributed by atoms with Gasteiger partial charge < -0.3 is 10.1 Å². The Labute approximate surface area is 130 Å². The Morgan fingerprint density at radius 2 is 2.05 bits per heavy atom. The number of ether oxygens (including phenoxy) is 1. The second-order valence-corrected chi connectivity index (χ2v) is 6.07. The third kappa shape index (κ3) is 3.33. The van der Waals surface area contributed by atoms with Crippen molar-refractivity contribution in [2.45, 2.75) is 17.9 Å². The van der Waals surface area contributed by atoms with E-state index in [-0.39, 0.29) is 12.1 Å². The maximum absolute atomic E-state index is 12.2. The monoisotopic (exact) mass is 324 g/mol. The molecule has 0 saturated carbocycles. The molecule has 1 heterocycles. The smallest absolute Gasteiger partial charge is 0.340 e. The van der Waals surface area contributed by atoms with Crippen molar-refractivity contribution in [3.8, 4) is 0 Å². The van der Waals surface area contributed by atoms with Crippen LogP contribution in [0.1, 0.15) is 17.3 Å². The first-order valence-corrected chi connectivity index (χ1v) is 8.20. The molecule has 8 heteroatoms. The topological polar surface area (TPSA) is 92.8 Å². The summed E-state index contributed by atoms with van der Waals surface area (Å²) >= 11 is 0. The molecule has 0 aliphatic carbocycles. The van der Waals surface area contributed by atoms with Gasteiger partial charge in [-0.3, -0.25) is 13.9 Å². The van der Waals surface area contributed by atoms with E-state index in [1.54, 1.807) is 18.2 Å². The molecule has 3 amide bonds. The van der Waals surface area contributed by atoms with Gasteiger partial charge in [0.05, 0.1) is 21.3 Å². The number of esters is 1. The van der Waals surface area contributed by atoms with Gasteiger partial charge in [-0.05, 0) is 19.1 Å². The minimum atomic E-state index is -1.35. The molecule has 2 rings (SSSR count). The molecule has 1 aromatic carbocycles. The first-order valence-electron chi connectivity index (χ1n) is 6.64. The zero-order valence-electron chi connectivity index (χ0n) is 12.2. The molecule has 22 heavy (non-hydrogen) atoms. The third-order valence-electron chi connectivity index (χ3n) is 3.17. The van der Waals surface area contributed by atoms with Crippen LogP contribution >= 0.6 is 0 Å². The number of nitrogens with one attached hydrogen (secondary N) is 1. The molecule has 1 aliphatic heterocycles. The standard InChI is InChI=1S/C14H16N2O5S/c1-9(12(17)16-8-7-15-14(16)19)21-13(18)10-5-3-4-6-11(10)22(2)20/h3-6,9H,7-8H2,1-2H3,(H,15,19)/t9-,22+/m0/s1. The minimum Gasteiger partial charge on any atom is -0.449 e. The van der Waals surface area contributed by atoms with Gasteiger partial charge in [-0.15, -0.1) is 0 Å². The molecule has 118 valence electrons. The molecule has 0 unspecified atom stereocenters. The molecular weight excluding hydrogens is 308 g/mol. The molecule has 1 fully saturated rings. The molecule has 0 aromatic heterocycles. The Morgan fingerprint density at radius 1 is 1.36 bits per heavy atom. The fraction of sp³-hybridized carbons (Fsp3) is 0.357. The van der Waals surface area contributed by atoms with Gasteiger partial charge in [0.15, 0.2) is 6.10 Å². The van der Waals surface area contributed by atoms with Crippen molar-refractivity contribution in [3.63, 3.8) is 0 Å². The summed E-state index contributed by atoms with van der Waals surface area (Å²) in [6.07, 6.45) is 0.352. The Bertz CT molecular complexity index is 646. The first-order chi connectivity index (χ1) is 10.4. The van der Waals surface area contributed by atoms with Crippen molar-refractivity contribution in [2.75, 3.05) is 19.3 Å². The summed E-state index contributed by atoms with van der Waals surface area (Å²) < 4.78 is 16.7. The lowest BCUT2D eigenvalue weighted by molar-refractivity contribution is -0.136. The summed E-state index contributed by atoms with van der Waals surface area (Å²) in [5.41, 5.74) is 0.147. The molecule has 1 saturated heterocycles. The average Bonchev–Trinajstić information content (AvgIpc) is 2.92. The summed E-state index contributed by atoms with van der Waals surface area (Å²) in [5, 5.41) is 2.50. The van der Waals surface area contributed by atoms with E-state index in [1.165, 1.54) is 19.2 Å². The second-order valence-electron chi connectivity index (χ2n) is 4.72. The lowest BCUT2D eigenvalue weighted by Gasteiger charge is -2.18. The molecule has 1 N–H and O–H groups in total. The Morgan fingerprint density at radius 3 is 2.64 bits per heavy atom. The predicted octanol–water partition coefficient (Wildman–Crippen LogP) is 0.521. The zero-order valence-corrected chi connectivity index (χ0v) is 13.0. The number of hydrogen-bond donors (Lipinski definition) is 1. The molecule has 0 bridgehead atoms. The van der Waals surface area contributed by atoms with E-state index in [0.717, 1.165) is 4.90 Å². The van der Waals surface area contributed by atoms with Gasteiger partial charge in [-0.1, -0.05) is 12.1 Å². The number of urea groups is 1. The van der Waals surface area contributed by atoms with Crippen LogP contribution in [0.15, 0.2) is 29.2 Å². The van der Waals surface area contributed by atoms with Crippen molar-refractivity contribution in [1.82, 2.24) is 10.2 Å². The van der Waals surface area contributed by atoms with Gasteiger partial charge in [0, 0.05) is 19.3 Å². The minimum absolute atomic E-state index is 0.147. The Balaban J connectivity index is 2.10. The van der Waals surface area contributed by atoms with Crippen LogP contribution in [-0.4, -0.2) is 52.5 Å². The van der Waals surface area contributed by atoms with Gasteiger partial charge in [0.25, 0.3) is 5.91 Å². The lowest BCUT2D eigenvalue weighted by atomic mass is 10.2. The summed E-state index contributed by atoms with van der Waals surface area (Å²) in [7, 11) is -1.35. The highest BCUT2D eigenvalue weighted by Gasteiger charge is 2.32. The largest absolute Gasteiger partial charge is 0.449 e. The van der Waals surface area contributed by atoms with Crippen molar-refractivity contribution < 1.29 is 23.3 Å². The number of hydrogen-bond acceptors (Lipinski definition) is 5. The Kier molecular flexibility index (Phi) is 4.92. The zero-order chi connectivity index (χ0) is 16.3. The maximum atomic E-state index is 12.2. The number of amides is 3. The number of nitrogens with zero attached hydrogens (tertiary/aromatic N) is 1. The molecule has 1 aliphatic rings. The molecular formula is C14H16N2O5S.